The Morgan fingerprint density at radius 3 is 1.86 bits per heavy atom. The Morgan fingerprint density at radius 2 is 1.29 bits per heavy atom. The van der Waals surface area contributed by atoms with Crippen molar-refractivity contribution in [3.8, 4) is 0 Å². The molecule has 0 aromatic carbocycles. The first-order valence-corrected chi connectivity index (χ1v) is 21.0. The Bertz CT molecular complexity index is 1440. The topological polar surface area (TPSA) is 223 Å². The van der Waals surface area contributed by atoms with Crippen LogP contribution in [-0.4, -0.2) is 146 Å². The van der Waals surface area contributed by atoms with Gasteiger partial charge in [-0.1, -0.05) is 13.8 Å². The molecule has 56 heavy (non-hydrogen) atoms. The summed E-state index contributed by atoms with van der Waals surface area (Å²) in [6.45, 7) is 9.48. The van der Waals surface area contributed by atoms with Gasteiger partial charge in [0.2, 0.25) is 0 Å². The number of aliphatic hydroxyl groups is 7. The van der Waals surface area contributed by atoms with Crippen molar-refractivity contribution in [1.82, 2.24) is 0 Å². The predicted molar refractivity (Wildman–Crippen MR) is 194 cm³/mol. The lowest BCUT2D eigenvalue weighted by Crippen LogP contribution is -2.67. The molecule has 0 radical (unpaired) electrons. The molecule has 7 fully saturated rings. The lowest BCUT2D eigenvalue weighted by Gasteiger charge is -2.65. The highest BCUT2D eigenvalue weighted by Gasteiger charge is 2.73. The second-order valence-electron chi connectivity index (χ2n) is 19.0. The fraction of sp³-hybridized carbons (Fsp3) is 0.927. The number of hydrogen-bond acceptors (Lipinski definition) is 15. The summed E-state index contributed by atoms with van der Waals surface area (Å²) in [5, 5.41) is 78.2. The van der Waals surface area contributed by atoms with Crippen LogP contribution in [-0.2, 0) is 38.0 Å². The first-order valence-electron chi connectivity index (χ1n) is 21.0. The monoisotopic (exact) mass is 796 g/mol. The Labute approximate surface area is 328 Å². The predicted octanol–water partition coefficient (Wildman–Crippen LogP) is 1.19. The molecule has 8 rings (SSSR count). The highest BCUT2D eigenvalue weighted by atomic mass is 16.7. The van der Waals surface area contributed by atoms with Gasteiger partial charge in [-0.05, 0) is 88.0 Å². The molecule has 15 nitrogen and oxygen atoms in total. The van der Waals surface area contributed by atoms with Gasteiger partial charge >= 0.3 is 5.97 Å². The number of esters is 1. The zero-order chi connectivity index (χ0) is 40.1. The number of cyclic esters (lactones) is 1. The average molecular weight is 797 g/mol. The van der Waals surface area contributed by atoms with Crippen LogP contribution in [0.3, 0.4) is 0 Å². The van der Waals surface area contributed by atoms with Gasteiger partial charge in [0, 0.05) is 43.1 Å². The number of rotatable bonds is 7. The molecule has 318 valence electrons. The molecule has 0 amide bonds. The van der Waals surface area contributed by atoms with Crippen molar-refractivity contribution in [3.05, 3.63) is 11.6 Å². The second-order valence-corrected chi connectivity index (χ2v) is 19.0. The van der Waals surface area contributed by atoms with E-state index >= 15 is 0 Å². The molecule has 0 bridgehead atoms. The molecule has 8 aliphatic rings. The SMILES string of the molecule is C[C@H]1O[C@@H](O[C@H]2[C@@H](O)C[C@H](O[C@H]3[C@@H](O)C[C@@H](O[C@H]4CC[C@@]5(C)[C@H](CC[C@@H]6[C@@H]5C[C@@H](O)[C@]5(C)[C@@H](C7=CC(=O)OC7)[C@@H](O)C[C@]65O)C4)O[C@@H]3C)O[C@@H]2C)C[C@H](O)[C@@H]1O. The highest BCUT2D eigenvalue weighted by molar-refractivity contribution is 5.85. The third-order valence-corrected chi connectivity index (χ3v) is 15.9. The van der Waals surface area contributed by atoms with E-state index in [2.05, 4.69) is 6.92 Å². The summed E-state index contributed by atoms with van der Waals surface area (Å²) in [6.07, 6.45) is -4.69. The van der Waals surface area contributed by atoms with Crippen molar-refractivity contribution in [3.63, 3.8) is 0 Å². The van der Waals surface area contributed by atoms with E-state index in [0.29, 0.717) is 17.9 Å². The van der Waals surface area contributed by atoms with Crippen LogP contribution < -0.4 is 0 Å². The van der Waals surface area contributed by atoms with Crippen molar-refractivity contribution < 1.29 is 73.7 Å². The van der Waals surface area contributed by atoms with Gasteiger partial charge in [0.25, 0.3) is 0 Å². The summed E-state index contributed by atoms with van der Waals surface area (Å²) in [7, 11) is 0. The Morgan fingerprint density at radius 1 is 0.696 bits per heavy atom. The summed E-state index contributed by atoms with van der Waals surface area (Å²) in [5.74, 6) is -0.755. The minimum absolute atomic E-state index is 0.0543. The zero-order valence-corrected chi connectivity index (χ0v) is 33.2. The van der Waals surface area contributed by atoms with Gasteiger partial charge in [0.05, 0.1) is 60.5 Å². The maximum absolute atomic E-state index is 12.6. The van der Waals surface area contributed by atoms with Crippen molar-refractivity contribution in [2.45, 2.75) is 197 Å². The van der Waals surface area contributed by atoms with Crippen LogP contribution in [0.15, 0.2) is 11.6 Å². The van der Waals surface area contributed by atoms with Gasteiger partial charge in [-0.25, -0.2) is 4.79 Å². The molecule has 0 unspecified atom stereocenters. The first kappa shape index (κ1) is 41.4. The van der Waals surface area contributed by atoms with Crippen molar-refractivity contribution in [2.24, 2.45) is 34.5 Å². The van der Waals surface area contributed by atoms with Crippen LogP contribution in [0, 0.1) is 34.5 Å². The van der Waals surface area contributed by atoms with Crippen molar-refractivity contribution in [1.29, 1.82) is 0 Å². The molecule has 0 aromatic rings. The van der Waals surface area contributed by atoms with Crippen LogP contribution in [0.2, 0.25) is 0 Å². The van der Waals surface area contributed by atoms with E-state index in [1.54, 1.807) is 13.8 Å². The van der Waals surface area contributed by atoms with Crippen LogP contribution in [0.25, 0.3) is 0 Å². The third-order valence-electron chi connectivity index (χ3n) is 15.9. The van der Waals surface area contributed by atoms with Crippen LogP contribution >= 0.6 is 0 Å². The van der Waals surface area contributed by atoms with E-state index in [9.17, 15) is 40.5 Å². The first-order chi connectivity index (χ1) is 26.4. The average Bonchev–Trinajstić information content (AvgIpc) is 3.64. The Hall–Kier alpha value is -1.31. The lowest BCUT2D eigenvalue weighted by molar-refractivity contribution is -0.336. The number of fused-ring (bicyclic) bond motifs is 5. The molecule has 0 spiro atoms. The van der Waals surface area contributed by atoms with Gasteiger partial charge in [-0.3, -0.25) is 0 Å². The third kappa shape index (κ3) is 6.91. The quantitative estimate of drug-likeness (QED) is 0.142. The normalized spacial score (nSPS) is 56.1. The van der Waals surface area contributed by atoms with E-state index in [1.807, 2.05) is 13.8 Å². The molecule has 7 N–H and O–H groups in total. The van der Waals surface area contributed by atoms with Crippen LogP contribution in [0.1, 0.15) is 98.8 Å². The van der Waals surface area contributed by atoms with Crippen LogP contribution in [0.5, 0.6) is 0 Å². The Balaban J connectivity index is 0.845. The maximum atomic E-state index is 12.6. The summed E-state index contributed by atoms with van der Waals surface area (Å²) in [6, 6.07) is 0. The summed E-state index contributed by atoms with van der Waals surface area (Å²) in [4.78, 5) is 12.0. The van der Waals surface area contributed by atoms with E-state index in [0.717, 1.165) is 32.1 Å². The van der Waals surface area contributed by atoms with E-state index in [4.69, 9.17) is 33.2 Å². The summed E-state index contributed by atoms with van der Waals surface area (Å²) >= 11 is 0. The molecule has 4 aliphatic carbocycles. The number of aliphatic hydroxyl groups excluding tert-OH is 6. The molecular formula is C41H64O15. The lowest BCUT2D eigenvalue weighted by atomic mass is 9.42. The molecule has 4 heterocycles. The number of hydrogen-bond donors (Lipinski definition) is 7. The smallest absolute Gasteiger partial charge is 0.331 e. The largest absolute Gasteiger partial charge is 0.458 e. The van der Waals surface area contributed by atoms with Crippen molar-refractivity contribution in [2.75, 3.05) is 6.61 Å². The zero-order valence-electron chi connectivity index (χ0n) is 33.2. The van der Waals surface area contributed by atoms with Gasteiger partial charge in [-0.2, -0.15) is 0 Å². The molecular weight excluding hydrogens is 732 g/mol. The fourth-order valence-electron chi connectivity index (χ4n) is 12.8. The number of ether oxygens (including phenoxy) is 7. The molecule has 4 saturated carbocycles. The molecule has 0 aromatic heterocycles. The fourth-order valence-corrected chi connectivity index (χ4v) is 12.8. The van der Waals surface area contributed by atoms with E-state index in [-0.39, 0.29) is 55.6 Å². The van der Waals surface area contributed by atoms with Crippen LogP contribution in [0.4, 0.5) is 0 Å². The number of carbonyl (C=O) groups excluding carboxylic acids is 1. The summed E-state index contributed by atoms with van der Waals surface area (Å²) in [5.41, 5.74) is -1.79. The van der Waals surface area contributed by atoms with Crippen molar-refractivity contribution >= 4 is 5.97 Å². The van der Waals surface area contributed by atoms with Gasteiger partial charge < -0.3 is 68.9 Å². The minimum Gasteiger partial charge on any atom is -0.458 e. The molecule has 15 heteroatoms. The summed E-state index contributed by atoms with van der Waals surface area (Å²) < 4.78 is 42.0. The van der Waals surface area contributed by atoms with E-state index in [1.165, 1.54) is 6.08 Å². The second kappa shape index (κ2) is 15.3. The maximum Gasteiger partial charge on any atom is 0.331 e. The number of carbonyl (C=O) groups is 1. The molecule has 3 saturated heterocycles. The van der Waals surface area contributed by atoms with Gasteiger partial charge in [0.1, 0.15) is 24.9 Å². The molecule has 22 atom stereocenters. The van der Waals surface area contributed by atoms with Gasteiger partial charge in [-0.15, -0.1) is 0 Å². The highest BCUT2D eigenvalue weighted by Crippen LogP contribution is 2.70. The van der Waals surface area contributed by atoms with Gasteiger partial charge in [0.15, 0.2) is 18.9 Å². The Kier molecular flexibility index (Phi) is 11.3. The molecule has 4 aliphatic heterocycles. The van der Waals surface area contributed by atoms with E-state index < -0.39 is 109 Å². The standard InChI is InChI=1S/C41H64O15/c1-18-36(48)26(42)13-33(51-18)55-38-20(3)53-34(15-28(38)44)56-37-19(2)52-32(14-27(37)43)54-23-8-9-39(4)22(11-23)6-7-24-25(39)12-30(46)40(5)35(21-10-31(47)50-17-21)29(45)16-41(24,40)49/h10,18-20,22-30,32-38,42-46,48-49H,6-9,11-17H2,1-5H3/t18-,19-,20-,22-,23+,24-,25+,26+,27+,28+,29+,30-,32-,33+,34+,35+,36-,37-,38-,39+,40-,41+/m1/s1. The minimum atomic E-state index is -1.29.